The van der Waals surface area contributed by atoms with Crippen molar-refractivity contribution in [2.24, 2.45) is 7.05 Å². The lowest BCUT2D eigenvalue weighted by molar-refractivity contribution is 0.419. The maximum absolute atomic E-state index is 4.32. The monoisotopic (exact) mass is 245 g/mol. The summed E-state index contributed by atoms with van der Waals surface area (Å²) < 4.78 is 2.87. The second kappa shape index (κ2) is 3.80. The Morgan fingerprint density at radius 1 is 1.54 bits per heavy atom. The molecule has 0 bridgehead atoms. The summed E-state index contributed by atoms with van der Waals surface area (Å²) in [6.07, 6.45) is 1.96. The van der Waals surface area contributed by atoms with Gasteiger partial charge in [0.05, 0.1) is 10.2 Å². The first kappa shape index (κ1) is 10.7. The largest absolute Gasteiger partial charge is 0.306 e. The van der Waals surface area contributed by atoms with Crippen LogP contribution in [0.3, 0.4) is 0 Å². The van der Waals surface area contributed by atoms with Crippen LogP contribution in [0.25, 0.3) is 0 Å². The van der Waals surface area contributed by atoms with E-state index in [1.807, 2.05) is 17.9 Å². The molecule has 0 radical (unpaired) electrons. The van der Waals surface area contributed by atoms with E-state index in [1.54, 1.807) is 0 Å². The first-order valence-electron chi connectivity index (χ1n) is 4.31. The molecule has 0 fully saturated rings. The zero-order chi connectivity index (χ0) is 10.1. The molecule has 74 valence electrons. The highest BCUT2D eigenvalue weighted by Crippen LogP contribution is 2.14. The average molecular weight is 246 g/mol. The van der Waals surface area contributed by atoms with Crippen LogP contribution in [0.2, 0.25) is 0 Å². The Balaban J connectivity index is 2.59. The Labute approximate surface area is 87.6 Å². The molecule has 1 aromatic rings. The Hall–Kier alpha value is -0.350. The van der Waals surface area contributed by atoms with Gasteiger partial charge in [0.1, 0.15) is 0 Å². The summed E-state index contributed by atoms with van der Waals surface area (Å²) in [7, 11) is 1.92. The highest BCUT2D eigenvalue weighted by Gasteiger charge is 2.11. The molecule has 0 saturated heterocycles. The van der Waals surface area contributed by atoms with E-state index in [2.05, 4.69) is 47.1 Å². The minimum atomic E-state index is 0.136. The average Bonchev–Trinajstić information content (AvgIpc) is 2.24. The topological polar surface area (TPSA) is 29.9 Å². The van der Waals surface area contributed by atoms with E-state index in [4.69, 9.17) is 0 Å². The number of halogens is 1. The molecule has 0 aliphatic carbocycles. The van der Waals surface area contributed by atoms with E-state index in [-0.39, 0.29) is 5.54 Å². The third-order valence-corrected chi connectivity index (χ3v) is 2.30. The Bertz CT molecular complexity index is 286. The van der Waals surface area contributed by atoms with Crippen molar-refractivity contribution in [3.63, 3.8) is 0 Å². The van der Waals surface area contributed by atoms with Gasteiger partial charge in [0.25, 0.3) is 0 Å². The predicted octanol–water partition coefficient (Wildman–Crippen LogP) is 2.07. The summed E-state index contributed by atoms with van der Waals surface area (Å²) in [5.41, 5.74) is 1.19. The molecule has 0 aliphatic rings. The van der Waals surface area contributed by atoms with Crippen LogP contribution >= 0.6 is 15.9 Å². The van der Waals surface area contributed by atoms with Crippen molar-refractivity contribution >= 4 is 15.9 Å². The van der Waals surface area contributed by atoms with Crippen LogP contribution in [0.15, 0.2) is 10.7 Å². The van der Waals surface area contributed by atoms with Gasteiger partial charge in [-0.2, -0.15) is 5.10 Å². The molecule has 1 rings (SSSR count). The fourth-order valence-electron chi connectivity index (χ4n) is 0.974. The second-order valence-electron chi connectivity index (χ2n) is 4.20. The van der Waals surface area contributed by atoms with Gasteiger partial charge in [0.15, 0.2) is 0 Å². The minimum Gasteiger partial charge on any atom is -0.306 e. The summed E-state index contributed by atoms with van der Waals surface area (Å²) >= 11 is 3.46. The SMILES string of the molecule is Cn1cc(Br)c(CNC(C)(C)C)n1. The molecular formula is C9H16BrN3. The number of aromatic nitrogens is 2. The molecule has 0 aliphatic heterocycles. The fourth-order valence-corrected chi connectivity index (χ4v) is 1.49. The maximum Gasteiger partial charge on any atom is 0.0904 e. The summed E-state index contributed by atoms with van der Waals surface area (Å²) in [6, 6.07) is 0. The van der Waals surface area contributed by atoms with Crippen LogP contribution in [0.5, 0.6) is 0 Å². The lowest BCUT2D eigenvalue weighted by Gasteiger charge is -2.19. The zero-order valence-corrected chi connectivity index (χ0v) is 10.1. The summed E-state index contributed by atoms with van der Waals surface area (Å²) in [5, 5.41) is 7.71. The van der Waals surface area contributed by atoms with Gasteiger partial charge in [-0.15, -0.1) is 0 Å². The van der Waals surface area contributed by atoms with Gasteiger partial charge >= 0.3 is 0 Å². The summed E-state index contributed by atoms with van der Waals surface area (Å²) in [4.78, 5) is 0. The van der Waals surface area contributed by atoms with Crippen molar-refractivity contribution < 1.29 is 0 Å². The van der Waals surface area contributed by atoms with Crippen molar-refractivity contribution in [3.8, 4) is 0 Å². The first-order chi connectivity index (χ1) is 5.88. The van der Waals surface area contributed by atoms with Gasteiger partial charge in [0.2, 0.25) is 0 Å². The number of rotatable bonds is 2. The fraction of sp³-hybridized carbons (Fsp3) is 0.667. The van der Waals surface area contributed by atoms with Gasteiger partial charge < -0.3 is 5.32 Å². The summed E-state index contributed by atoms with van der Waals surface area (Å²) in [5.74, 6) is 0. The van der Waals surface area contributed by atoms with E-state index in [9.17, 15) is 0 Å². The van der Waals surface area contributed by atoms with E-state index >= 15 is 0 Å². The normalized spacial score (nSPS) is 12.1. The van der Waals surface area contributed by atoms with Crippen LogP contribution in [0.1, 0.15) is 26.5 Å². The van der Waals surface area contributed by atoms with Crippen molar-refractivity contribution in [1.29, 1.82) is 0 Å². The number of nitrogens with one attached hydrogen (secondary N) is 1. The highest BCUT2D eigenvalue weighted by atomic mass is 79.9. The third-order valence-electron chi connectivity index (χ3n) is 1.64. The van der Waals surface area contributed by atoms with E-state index in [0.29, 0.717) is 0 Å². The van der Waals surface area contributed by atoms with Crippen molar-refractivity contribution in [1.82, 2.24) is 15.1 Å². The van der Waals surface area contributed by atoms with Crippen LogP contribution in [-0.4, -0.2) is 15.3 Å². The third kappa shape index (κ3) is 3.48. The van der Waals surface area contributed by atoms with E-state index in [0.717, 1.165) is 16.7 Å². The molecule has 0 saturated carbocycles. The molecule has 3 nitrogen and oxygen atoms in total. The first-order valence-corrected chi connectivity index (χ1v) is 5.11. The molecule has 0 atom stereocenters. The quantitative estimate of drug-likeness (QED) is 0.865. The molecule has 1 aromatic heterocycles. The van der Waals surface area contributed by atoms with Crippen molar-refractivity contribution in [2.45, 2.75) is 32.9 Å². The van der Waals surface area contributed by atoms with E-state index < -0.39 is 0 Å². The standard InChI is InChI=1S/C9H16BrN3/c1-9(2,3)11-5-8-7(10)6-13(4)12-8/h6,11H,5H2,1-4H3. The number of hydrogen-bond donors (Lipinski definition) is 1. The number of aryl methyl sites for hydroxylation is 1. The molecule has 0 aromatic carbocycles. The van der Waals surface area contributed by atoms with Gasteiger partial charge in [-0.25, -0.2) is 0 Å². The van der Waals surface area contributed by atoms with Crippen LogP contribution in [0.4, 0.5) is 0 Å². The molecule has 13 heavy (non-hydrogen) atoms. The van der Waals surface area contributed by atoms with Crippen molar-refractivity contribution in [2.75, 3.05) is 0 Å². The Morgan fingerprint density at radius 3 is 2.54 bits per heavy atom. The lowest BCUT2D eigenvalue weighted by Crippen LogP contribution is -2.35. The van der Waals surface area contributed by atoms with Gasteiger partial charge in [-0.3, -0.25) is 4.68 Å². The number of hydrogen-bond acceptors (Lipinski definition) is 2. The second-order valence-corrected chi connectivity index (χ2v) is 5.06. The van der Waals surface area contributed by atoms with Gasteiger partial charge in [0, 0.05) is 25.3 Å². The molecule has 0 spiro atoms. The van der Waals surface area contributed by atoms with Gasteiger partial charge in [-0.05, 0) is 36.7 Å². The molecule has 1 N–H and O–H groups in total. The maximum atomic E-state index is 4.32. The smallest absolute Gasteiger partial charge is 0.0904 e. The molecule has 0 amide bonds. The van der Waals surface area contributed by atoms with Crippen LogP contribution in [0, 0.1) is 0 Å². The zero-order valence-electron chi connectivity index (χ0n) is 8.56. The minimum absolute atomic E-state index is 0.136. The molecule has 4 heteroatoms. The predicted molar refractivity (Wildman–Crippen MR) is 57.5 cm³/mol. The molecule has 0 unspecified atom stereocenters. The summed E-state index contributed by atoms with van der Waals surface area (Å²) in [6.45, 7) is 7.22. The van der Waals surface area contributed by atoms with Crippen LogP contribution < -0.4 is 5.32 Å². The van der Waals surface area contributed by atoms with Gasteiger partial charge in [-0.1, -0.05) is 0 Å². The van der Waals surface area contributed by atoms with Crippen molar-refractivity contribution in [3.05, 3.63) is 16.4 Å². The molecule has 1 heterocycles. The Kier molecular flexibility index (Phi) is 3.14. The molecular weight excluding hydrogens is 230 g/mol. The lowest BCUT2D eigenvalue weighted by atomic mass is 10.1. The number of nitrogens with zero attached hydrogens (tertiary/aromatic N) is 2. The Morgan fingerprint density at radius 2 is 2.15 bits per heavy atom. The highest BCUT2D eigenvalue weighted by molar-refractivity contribution is 9.10. The van der Waals surface area contributed by atoms with E-state index in [1.165, 1.54) is 0 Å². The van der Waals surface area contributed by atoms with Crippen LogP contribution in [-0.2, 0) is 13.6 Å².